The molecule has 2 aromatic carbocycles. The molecule has 5 unspecified atom stereocenters. The maximum atomic E-state index is 13.2. The maximum absolute atomic E-state index is 13.2. The van der Waals surface area contributed by atoms with Crippen molar-refractivity contribution in [2.24, 2.45) is 5.92 Å². The van der Waals surface area contributed by atoms with E-state index in [-0.39, 0.29) is 46.0 Å². The Morgan fingerprint density at radius 3 is 2.49 bits per heavy atom. The molecule has 0 spiro atoms. The van der Waals surface area contributed by atoms with Gasteiger partial charge in [0.05, 0.1) is 17.6 Å². The van der Waals surface area contributed by atoms with E-state index in [9.17, 15) is 34.8 Å². The summed E-state index contributed by atoms with van der Waals surface area (Å²) in [5, 5.41) is 51.0. The lowest BCUT2D eigenvalue weighted by molar-refractivity contribution is -0.329. The highest BCUT2D eigenvalue weighted by molar-refractivity contribution is 5.90. The zero-order valence-electron chi connectivity index (χ0n) is 23.5. The fourth-order valence-electron chi connectivity index (χ4n) is 4.61. The number of carbonyl (C=O) groups excluding carboxylic acids is 1. The number of ether oxygens (including phenoxy) is 4. The fraction of sp³-hybridized carbons (Fsp3) is 0.433. The number of phenols is 1. The van der Waals surface area contributed by atoms with E-state index >= 15 is 0 Å². The summed E-state index contributed by atoms with van der Waals surface area (Å²) in [5.74, 6) is -2.12. The number of carbonyl (C=O) groups is 2. The van der Waals surface area contributed by atoms with E-state index in [0.717, 1.165) is 0 Å². The minimum absolute atomic E-state index is 0.0495. The molecule has 13 heteroatoms. The largest absolute Gasteiger partial charge is 0.508 e. The Balaban J connectivity index is 1.62. The van der Waals surface area contributed by atoms with Crippen molar-refractivity contribution in [3.8, 4) is 22.6 Å². The first-order valence-electron chi connectivity index (χ1n) is 13.6. The van der Waals surface area contributed by atoms with Gasteiger partial charge in [-0.05, 0) is 42.2 Å². The van der Waals surface area contributed by atoms with Gasteiger partial charge in [-0.2, -0.15) is 0 Å². The summed E-state index contributed by atoms with van der Waals surface area (Å²) in [5.41, 5.74) is -1.68. The lowest BCUT2D eigenvalue weighted by Crippen LogP contribution is -2.70. The Bertz CT molecular complexity index is 1480. The minimum atomic E-state index is -2.33. The third kappa shape index (κ3) is 7.32. The van der Waals surface area contributed by atoms with Crippen LogP contribution in [0.25, 0.3) is 22.1 Å². The van der Waals surface area contributed by atoms with Gasteiger partial charge in [0.25, 0.3) is 0 Å². The molecule has 0 aliphatic carbocycles. The second-order valence-electron chi connectivity index (χ2n) is 10.7. The van der Waals surface area contributed by atoms with E-state index in [0.29, 0.717) is 12.0 Å². The molecular formula is C30H34O13. The lowest BCUT2D eigenvalue weighted by Gasteiger charge is -2.48. The average molecular weight is 603 g/mol. The summed E-state index contributed by atoms with van der Waals surface area (Å²) in [7, 11) is 0. The zero-order valence-corrected chi connectivity index (χ0v) is 23.5. The van der Waals surface area contributed by atoms with Crippen LogP contribution in [0.2, 0.25) is 0 Å². The molecule has 2 heterocycles. The predicted octanol–water partition coefficient (Wildman–Crippen LogP) is 1.80. The molecule has 1 fully saturated rings. The number of hydrogen-bond donors (Lipinski definition) is 5. The van der Waals surface area contributed by atoms with Crippen LogP contribution in [-0.2, 0) is 23.8 Å². The Kier molecular flexibility index (Phi) is 10.0. The van der Waals surface area contributed by atoms with Crippen molar-refractivity contribution >= 4 is 22.9 Å². The number of esters is 1. The van der Waals surface area contributed by atoms with E-state index in [1.54, 1.807) is 12.1 Å². The molecule has 0 bridgehead atoms. The Morgan fingerprint density at radius 2 is 1.84 bits per heavy atom. The first kappa shape index (κ1) is 31.9. The smallest absolute Gasteiger partial charge is 0.317 e. The summed E-state index contributed by atoms with van der Waals surface area (Å²) < 4.78 is 28.3. The van der Waals surface area contributed by atoms with Gasteiger partial charge in [-0.25, -0.2) is 0 Å². The van der Waals surface area contributed by atoms with Gasteiger partial charge in [-0.3, -0.25) is 14.4 Å². The van der Waals surface area contributed by atoms with Crippen LogP contribution in [0.4, 0.5) is 0 Å². The summed E-state index contributed by atoms with van der Waals surface area (Å²) in [6.45, 7) is 2.40. The molecule has 1 saturated heterocycles. The van der Waals surface area contributed by atoms with Crippen molar-refractivity contribution in [3.05, 3.63) is 59.0 Å². The van der Waals surface area contributed by atoms with Gasteiger partial charge in [-0.1, -0.05) is 26.0 Å². The van der Waals surface area contributed by atoms with Gasteiger partial charge < -0.3 is 48.9 Å². The molecule has 232 valence electrons. The number of aliphatic carboxylic acids is 1. The highest BCUT2D eigenvalue weighted by atomic mass is 16.7. The fourth-order valence-corrected chi connectivity index (χ4v) is 4.61. The van der Waals surface area contributed by atoms with E-state index < -0.39 is 61.8 Å². The third-order valence-electron chi connectivity index (χ3n) is 7.04. The number of fused-ring (bicyclic) bond motifs is 1. The SMILES string of the molecule is CC(C)CCOC1C(Oc2ccc3c(=O)c(-c4ccc(O)cc4)coc3c2)OC(COC(=O)CC(=O)O)C(O)C1(O)CO. The van der Waals surface area contributed by atoms with Crippen LogP contribution in [0, 0.1) is 5.92 Å². The molecule has 13 nitrogen and oxygen atoms in total. The summed E-state index contributed by atoms with van der Waals surface area (Å²) >= 11 is 0. The predicted molar refractivity (Wildman–Crippen MR) is 149 cm³/mol. The van der Waals surface area contributed by atoms with Crippen LogP contribution in [0.1, 0.15) is 26.7 Å². The lowest BCUT2D eigenvalue weighted by atomic mass is 9.84. The molecule has 0 saturated carbocycles. The van der Waals surface area contributed by atoms with Crippen molar-refractivity contribution in [2.75, 3.05) is 19.8 Å². The standard InChI is InChI=1S/C30H34O13/c1-16(2)9-10-39-28-29(43-23(27(37)30(28,38)15-31)14-41-25(35)12-24(33)34)42-19-7-8-20-22(11-19)40-13-21(26(20)36)17-3-5-18(32)6-4-17/h3-8,11,13,16,23,27-29,31-32,37-38H,9-10,12,14-15H2,1-2H3,(H,33,34). The van der Waals surface area contributed by atoms with E-state index in [2.05, 4.69) is 0 Å². The van der Waals surface area contributed by atoms with Crippen LogP contribution in [0.5, 0.6) is 11.5 Å². The first-order chi connectivity index (χ1) is 20.4. The Morgan fingerprint density at radius 1 is 1.12 bits per heavy atom. The number of rotatable bonds is 12. The molecule has 5 atom stereocenters. The summed E-state index contributed by atoms with van der Waals surface area (Å²) in [4.78, 5) is 35.8. The highest BCUT2D eigenvalue weighted by Crippen LogP contribution is 2.35. The summed E-state index contributed by atoms with van der Waals surface area (Å²) in [6, 6.07) is 10.4. The highest BCUT2D eigenvalue weighted by Gasteiger charge is 2.57. The van der Waals surface area contributed by atoms with Crippen LogP contribution in [0.15, 0.2) is 57.9 Å². The second kappa shape index (κ2) is 13.5. The number of carboxylic acid groups (broad SMARTS) is 1. The molecule has 43 heavy (non-hydrogen) atoms. The third-order valence-corrected chi connectivity index (χ3v) is 7.04. The molecule has 1 aliphatic heterocycles. The molecule has 4 rings (SSSR count). The van der Waals surface area contributed by atoms with Gasteiger partial charge >= 0.3 is 11.9 Å². The maximum Gasteiger partial charge on any atom is 0.317 e. The van der Waals surface area contributed by atoms with Crippen molar-refractivity contribution < 1.29 is 58.5 Å². The van der Waals surface area contributed by atoms with E-state index in [1.165, 1.54) is 36.6 Å². The van der Waals surface area contributed by atoms with Gasteiger partial charge in [0, 0.05) is 12.7 Å². The molecule has 5 N–H and O–H groups in total. The van der Waals surface area contributed by atoms with Crippen molar-refractivity contribution in [2.45, 2.75) is 56.9 Å². The number of aromatic hydroxyl groups is 1. The molecule has 1 aliphatic rings. The number of carboxylic acids is 1. The normalized spacial score (nSPS) is 23.8. The van der Waals surface area contributed by atoms with Crippen molar-refractivity contribution in [3.63, 3.8) is 0 Å². The molecule has 1 aromatic heterocycles. The molecule has 0 amide bonds. The monoisotopic (exact) mass is 602 g/mol. The number of hydrogen-bond acceptors (Lipinski definition) is 12. The van der Waals surface area contributed by atoms with Crippen LogP contribution in [0.3, 0.4) is 0 Å². The summed E-state index contributed by atoms with van der Waals surface area (Å²) in [6.07, 6.45) is -5.21. The minimum Gasteiger partial charge on any atom is -0.508 e. The number of phenolic OH excluding ortho intramolecular Hbond substituents is 1. The van der Waals surface area contributed by atoms with Gasteiger partial charge in [-0.15, -0.1) is 0 Å². The van der Waals surface area contributed by atoms with Crippen LogP contribution >= 0.6 is 0 Å². The molecule has 0 radical (unpaired) electrons. The Labute approximate surface area is 245 Å². The van der Waals surface area contributed by atoms with Gasteiger partial charge in [0.2, 0.25) is 6.29 Å². The van der Waals surface area contributed by atoms with Crippen molar-refractivity contribution in [1.29, 1.82) is 0 Å². The first-order valence-corrected chi connectivity index (χ1v) is 13.6. The van der Waals surface area contributed by atoms with Gasteiger partial charge in [0.15, 0.2) is 11.5 Å². The number of aliphatic hydroxyl groups excluding tert-OH is 2. The van der Waals surface area contributed by atoms with Gasteiger partial charge in [0.1, 0.15) is 54.2 Å². The molecule has 3 aromatic rings. The number of aliphatic hydroxyl groups is 3. The average Bonchev–Trinajstić information content (AvgIpc) is 2.96. The van der Waals surface area contributed by atoms with E-state index in [4.69, 9.17) is 28.5 Å². The zero-order chi connectivity index (χ0) is 31.3. The van der Waals surface area contributed by atoms with Crippen LogP contribution in [-0.4, -0.2) is 87.5 Å². The number of benzene rings is 2. The topological polar surface area (TPSA) is 202 Å². The Hall–Kier alpha value is -4.01. The second-order valence-corrected chi connectivity index (χ2v) is 10.7. The molecular weight excluding hydrogens is 568 g/mol. The van der Waals surface area contributed by atoms with E-state index in [1.807, 2.05) is 13.8 Å². The quantitative estimate of drug-likeness (QED) is 0.148. The van der Waals surface area contributed by atoms with Crippen molar-refractivity contribution in [1.82, 2.24) is 0 Å². The van der Waals surface area contributed by atoms with Crippen LogP contribution < -0.4 is 10.2 Å².